The SMILES string of the molecule is C=C/C(C)=C\C=C\C.C=O.CNC(=O)C1(c2ccccc2)CCN(C(=O)CCc2ccccc2)CC1. The van der Waals surface area contributed by atoms with Gasteiger partial charge < -0.3 is 15.0 Å². The maximum Gasteiger partial charge on any atom is 0.230 e. The van der Waals surface area contributed by atoms with Crippen molar-refractivity contribution in [2.75, 3.05) is 20.1 Å². The molecule has 1 fully saturated rings. The Hall–Kier alpha value is -3.73. The molecule has 2 aromatic carbocycles. The topological polar surface area (TPSA) is 66.5 Å². The van der Waals surface area contributed by atoms with Crippen LogP contribution in [-0.2, 0) is 26.2 Å². The summed E-state index contributed by atoms with van der Waals surface area (Å²) in [6.07, 6.45) is 10.4. The van der Waals surface area contributed by atoms with Gasteiger partial charge in [-0.15, -0.1) is 0 Å². The molecule has 1 heterocycles. The van der Waals surface area contributed by atoms with E-state index in [0.717, 1.165) is 12.0 Å². The van der Waals surface area contributed by atoms with Crippen molar-refractivity contribution in [1.29, 1.82) is 0 Å². The fraction of sp³-hybridized carbons (Fsp3) is 0.323. The highest BCUT2D eigenvalue weighted by molar-refractivity contribution is 5.88. The van der Waals surface area contributed by atoms with Crippen molar-refractivity contribution in [2.24, 2.45) is 0 Å². The fourth-order valence-electron chi connectivity index (χ4n) is 4.15. The number of hydrogen-bond acceptors (Lipinski definition) is 3. The van der Waals surface area contributed by atoms with Gasteiger partial charge in [0.1, 0.15) is 6.79 Å². The standard InChI is InChI=1S/C22H26N2O2.C8H12.CH2O/c1-23-21(26)22(19-10-6-3-7-11-19)14-16-24(17-15-22)20(25)13-12-18-8-4-2-5-9-18;1-4-6-7-8(3)5-2;1-2/h2-11H,12-17H2,1H3,(H,23,26);4-7H,2H2,1,3H3;1H2/b;6-4+,8-7-;. The number of carbonyl (C=O) groups is 3. The van der Waals surface area contributed by atoms with Gasteiger partial charge in [0, 0.05) is 26.6 Å². The van der Waals surface area contributed by atoms with Crippen LogP contribution in [0.4, 0.5) is 0 Å². The Kier molecular flexibility index (Phi) is 14.2. The molecule has 0 saturated carbocycles. The van der Waals surface area contributed by atoms with E-state index in [1.165, 1.54) is 11.1 Å². The quantitative estimate of drug-likeness (QED) is 0.528. The molecule has 0 spiro atoms. The molecule has 192 valence electrons. The lowest BCUT2D eigenvalue weighted by Crippen LogP contribution is -2.52. The number of likely N-dealkylation sites (N-methyl/N-ethyl adjacent to an activating group) is 1. The van der Waals surface area contributed by atoms with Crippen LogP contribution in [0.15, 0.2) is 97.1 Å². The Morgan fingerprint density at radius 1 is 1.00 bits per heavy atom. The largest absolute Gasteiger partial charge is 0.358 e. The van der Waals surface area contributed by atoms with Crippen molar-refractivity contribution >= 4 is 18.6 Å². The summed E-state index contributed by atoms with van der Waals surface area (Å²) in [5.41, 5.74) is 2.88. The Morgan fingerprint density at radius 2 is 1.56 bits per heavy atom. The number of nitrogens with zero attached hydrogens (tertiary/aromatic N) is 1. The number of rotatable bonds is 7. The average molecular weight is 489 g/mol. The van der Waals surface area contributed by atoms with E-state index in [9.17, 15) is 9.59 Å². The summed E-state index contributed by atoms with van der Waals surface area (Å²) in [5, 5.41) is 2.82. The molecule has 0 bridgehead atoms. The van der Waals surface area contributed by atoms with E-state index in [1.807, 2.05) is 98.4 Å². The molecule has 1 saturated heterocycles. The van der Waals surface area contributed by atoms with Crippen molar-refractivity contribution in [3.05, 3.63) is 108 Å². The highest BCUT2D eigenvalue weighted by atomic mass is 16.2. The molecule has 1 aliphatic heterocycles. The van der Waals surface area contributed by atoms with Crippen LogP contribution in [0.25, 0.3) is 0 Å². The Morgan fingerprint density at radius 3 is 2.06 bits per heavy atom. The molecule has 5 nitrogen and oxygen atoms in total. The minimum absolute atomic E-state index is 0.0417. The molecule has 36 heavy (non-hydrogen) atoms. The number of carbonyl (C=O) groups excluding carboxylic acids is 3. The molecular weight excluding hydrogens is 448 g/mol. The summed E-state index contributed by atoms with van der Waals surface area (Å²) in [7, 11) is 1.68. The molecule has 1 N–H and O–H groups in total. The van der Waals surface area contributed by atoms with Crippen LogP contribution in [0.5, 0.6) is 0 Å². The molecule has 0 atom stereocenters. The summed E-state index contributed by atoms with van der Waals surface area (Å²) in [5.74, 6) is 0.215. The second-order valence-corrected chi connectivity index (χ2v) is 8.53. The van der Waals surface area contributed by atoms with E-state index in [-0.39, 0.29) is 11.8 Å². The highest BCUT2D eigenvalue weighted by Crippen LogP contribution is 2.36. The first-order chi connectivity index (χ1) is 17.5. The molecule has 1 aliphatic rings. The number of allylic oxidation sites excluding steroid dienone is 5. The molecule has 2 amide bonds. The lowest BCUT2D eigenvalue weighted by atomic mass is 9.72. The van der Waals surface area contributed by atoms with Crippen molar-refractivity contribution in [3.8, 4) is 0 Å². The third-order valence-corrected chi connectivity index (χ3v) is 6.30. The predicted molar refractivity (Wildman–Crippen MR) is 149 cm³/mol. The van der Waals surface area contributed by atoms with E-state index in [1.54, 1.807) is 7.05 Å². The molecular formula is C31H40N2O3. The molecule has 0 radical (unpaired) electrons. The van der Waals surface area contributed by atoms with E-state index < -0.39 is 5.41 Å². The van der Waals surface area contributed by atoms with Crippen LogP contribution < -0.4 is 5.32 Å². The molecule has 3 rings (SSSR count). The first-order valence-electron chi connectivity index (χ1n) is 12.3. The first-order valence-corrected chi connectivity index (χ1v) is 12.3. The molecule has 0 unspecified atom stereocenters. The molecule has 5 heteroatoms. The second kappa shape index (κ2) is 16.8. The summed E-state index contributed by atoms with van der Waals surface area (Å²) in [6, 6.07) is 20.0. The zero-order valence-electron chi connectivity index (χ0n) is 21.9. The van der Waals surface area contributed by atoms with Gasteiger partial charge in [0.25, 0.3) is 0 Å². The van der Waals surface area contributed by atoms with Crippen LogP contribution >= 0.6 is 0 Å². The first kappa shape index (κ1) is 30.3. The number of likely N-dealkylation sites (tertiary alicyclic amines) is 1. The minimum Gasteiger partial charge on any atom is -0.358 e. The molecule has 0 aromatic heterocycles. The number of nitrogens with one attached hydrogen (secondary N) is 1. The van der Waals surface area contributed by atoms with Crippen LogP contribution in [0.3, 0.4) is 0 Å². The summed E-state index contributed by atoms with van der Waals surface area (Å²) < 4.78 is 0. The van der Waals surface area contributed by atoms with E-state index in [0.29, 0.717) is 32.4 Å². The van der Waals surface area contributed by atoms with Gasteiger partial charge >= 0.3 is 0 Å². The van der Waals surface area contributed by atoms with Crippen molar-refractivity contribution in [2.45, 2.75) is 44.9 Å². The summed E-state index contributed by atoms with van der Waals surface area (Å²) in [4.78, 5) is 35.2. The van der Waals surface area contributed by atoms with Gasteiger partial charge in [0.05, 0.1) is 5.41 Å². The molecule has 2 aromatic rings. The van der Waals surface area contributed by atoms with Gasteiger partial charge in [-0.1, -0.05) is 97.1 Å². The van der Waals surface area contributed by atoms with Gasteiger partial charge in [-0.25, -0.2) is 0 Å². The summed E-state index contributed by atoms with van der Waals surface area (Å²) >= 11 is 0. The van der Waals surface area contributed by atoms with Gasteiger partial charge in [0.2, 0.25) is 11.8 Å². The third kappa shape index (κ3) is 9.14. The minimum atomic E-state index is -0.535. The predicted octanol–water partition coefficient (Wildman–Crippen LogP) is 5.44. The van der Waals surface area contributed by atoms with Gasteiger partial charge in [-0.2, -0.15) is 0 Å². The van der Waals surface area contributed by atoms with E-state index in [2.05, 4.69) is 24.0 Å². The molecule has 0 aliphatic carbocycles. The van der Waals surface area contributed by atoms with Crippen molar-refractivity contribution in [1.82, 2.24) is 10.2 Å². The highest BCUT2D eigenvalue weighted by Gasteiger charge is 2.43. The second-order valence-electron chi connectivity index (χ2n) is 8.53. The lowest BCUT2D eigenvalue weighted by molar-refractivity contribution is -0.136. The van der Waals surface area contributed by atoms with Crippen LogP contribution in [-0.4, -0.2) is 43.6 Å². The number of hydrogen-bond donors (Lipinski definition) is 1. The van der Waals surface area contributed by atoms with Crippen molar-refractivity contribution in [3.63, 3.8) is 0 Å². The van der Waals surface area contributed by atoms with Gasteiger partial charge in [-0.3, -0.25) is 9.59 Å². The maximum atomic E-state index is 12.7. The lowest BCUT2D eigenvalue weighted by Gasteiger charge is -2.41. The van der Waals surface area contributed by atoms with E-state index >= 15 is 0 Å². The zero-order chi connectivity index (χ0) is 26.8. The monoisotopic (exact) mass is 488 g/mol. The van der Waals surface area contributed by atoms with Crippen LogP contribution in [0, 0.1) is 0 Å². The normalized spacial score (nSPS) is 14.5. The summed E-state index contributed by atoms with van der Waals surface area (Å²) in [6.45, 7) is 10.9. The number of piperidine rings is 1. The zero-order valence-corrected chi connectivity index (χ0v) is 21.9. The number of aryl methyl sites for hydroxylation is 1. The Balaban J connectivity index is 0.000000554. The van der Waals surface area contributed by atoms with Crippen LogP contribution in [0.2, 0.25) is 0 Å². The Labute approximate surface area is 216 Å². The van der Waals surface area contributed by atoms with Gasteiger partial charge in [-0.05, 0) is 44.2 Å². The van der Waals surface area contributed by atoms with Crippen molar-refractivity contribution < 1.29 is 14.4 Å². The Bertz CT molecular complexity index is 989. The smallest absolute Gasteiger partial charge is 0.230 e. The average Bonchev–Trinajstić information content (AvgIpc) is 2.96. The van der Waals surface area contributed by atoms with Crippen LogP contribution in [0.1, 0.15) is 44.2 Å². The van der Waals surface area contributed by atoms with Gasteiger partial charge in [0.15, 0.2) is 0 Å². The van der Waals surface area contributed by atoms with E-state index in [4.69, 9.17) is 4.79 Å². The number of amides is 2. The third-order valence-electron chi connectivity index (χ3n) is 6.30. The maximum absolute atomic E-state index is 12.7. The fourth-order valence-corrected chi connectivity index (χ4v) is 4.15. The number of benzene rings is 2.